The first-order valence-corrected chi connectivity index (χ1v) is 7.30. The summed E-state index contributed by atoms with van der Waals surface area (Å²) < 4.78 is 0. The number of benzene rings is 1. The second-order valence-corrected chi connectivity index (χ2v) is 5.98. The Morgan fingerprint density at radius 1 is 1.00 bits per heavy atom. The molecule has 1 aliphatic carbocycles. The highest BCUT2D eigenvalue weighted by Gasteiger charge is 2.27. The van der Waals surface area contributed by atoms with Crippen LogP contribution in [0, 0.1) is 33.6 Å². The molecule has 1 atom stereocenters. The Morgan fingerprint density at radius 3 is 1.94 bits per heavy atom. The van der Waals surface area contributed by atoms with E-state index in [4.69, 9.17) is 0 Å². The van der Waals surface area contributed by atoms with Gasteiger partial charge in [-0.2, -0.15) is 0 Å². The molecule has 0 heterocycles. The summed E-state index contributed by atoms with van der Waals surface area (Å²) in [5, 5.41) is 3.60. The third-order valence-electron chi connectivity index (χ3n) is 4.92. The monoisotopic (exact) mass is 245 g/mol. The fraction of sp³-hybridized carbons (Fsp3) is 0.647. The molecule has 0 aromatic heterocycles. The molecule has 1 aromatic carbocycles. The molecule has 100 valence electrons. The quantitative estimate of drug-likeness (QED) is 0.833. The van der Waals surface area contributed by atoms with Crippen LogP contribution in [0.4, 0.5) is 0 Å². The van der Waals surface area contributed by atoms with Gasteiger partial charge in [0, 0.05) is 6.04 Å². The first kappa shape index (κ1) is 13.6. The number of hydrogen-bond acceptors (Lipinski definition) is 1. The zero-order valence-electron chi connectivity index (χ0n) is 12.6. The highest BCUT2D eigenvalue weighted by molar-refractivity contribution is 5.46. The van der Waals surface area contributed by atoms with E-state index in [2.05, 4.69) is 46.1 Å². The minimum absolute atomic E-state index is 0.547. The fourth-order valence-corrected chi connectivity index (χ4v) is 3.62. The van der Waals surface area contributed by atoms with Gasteiger partial charge in [-0.05, 0) is 81.3 Å². The predicted molar refractivity (Wildman–Crippen MR) is 79.1 cm³/mol. The van der Waals surface area contributed by atoms with Crippen LogP contribution in [0.25, 0.3) is 0 Å². The van der Waals surface area contributed by atoms with E-state index >= 15 is 0 Å². The normalized spacial score (nSPS) is 18.3. The molecule has 1 saturated carbocycles. The van der Waals surface area contributed by atoms with Gasteiger partial charge in [-0.25, -0.2) is 0 Å². The summed E-state index contributed by atoms with van der Waals surface area (Å²) in [6.45, 7) is 9.06. The second kappa shape index (κ2) is 5.44. The van der Waals surface area contributed by atoms with E-state index < -0.39 is 0 Å². The maximum atomic E-state index is 3.60. The number of hydrogen-bond donors (Lipinski definition) is 1. The summed E-state index contributed by atoms with van der Waals surface area (Å²) in [4.78, 5) is 0. The van der Waals surface area contributed by atoms with Crippen molar-refractivity contribution in [3.8, 4) is 0 Å². The summed E-state index contributed by atoms with van der Waals surface area (Å²) in [6.07, 6.45) is 5.59. The molecule has 0 bridgehead atoms. The van der Waals surface area contributed by atoms with Crippen molar-refractivity contribution in [1.82, 2.24) is 5.32 Å². The molecule has 1 unspecified atom stereocenters. The maximum Gasteiger partial charge on any atom is 0.0351 e. The largest absolute Gasteiger partial charge is 0.313 e. The molecule has 2 rings (SSSR count). The lowest BCUT2D eigenvalue weighted by Gasteiger charge is -2.28. The van der Waals surface area contributed by atoms with E-state index in [9.17, 15) is 0 Å². The van der Waals surface area contributed by atoms with Crippen LogP contribution >= 0.6 is 0 Å². The lowest BCUT2D eigenvalue weighted by molar-refractivity contribution is 0.387. The van der Waals surface area contributed by atoms with Gasteiger partial charge in [0.2, 0.25) is 0 Å². The predicted octanol–water partition coefficient (Wildman–Crippen LogP) is 4.37. The summed E-state index contributed by atoms with van der Waals surface area (Å²) in [5.74, 6) is 0.827. The molecule has 1 nitrogen and oxygen atoms in total. The van der Waals surface area contributed by atoms with E-state index in [1.165, 1.54) is 47.9 Å². The van der Waals surface area contributed by atoms with Gasteiger partial charge in [0.15, 0.2) is 0 Å². The minimum Gasteiger partial charge on any atom is -0.313 e. The Bertz CT molecular complexity index is 401. The van der Waals surface area contributed by atoms with Crippen LogP contribution in [0.3, 0.4) is 0 Å². The molecule has 1 aliphatic rings. The average Bonchev–Trinajstić information content (AvgIpc) is 2.85. The SMILES string of the molecule is CNC(c1c(C)c(C)cc(C)c1C)C1CCCC1. The lowest BCUT2D eigenvalue weighted by atomic mass is 9.83. The minimum atomic E-state index is 0.547. The second-order valence-electron chi connectivity index (χ2n) is 5.98. The first-order chi connectivity index (χ1) is 8.56. The van der Waals surface area contributed by atoms with Gasteiger partial charge < -0.3 is 5.32 Å². The fourth-order valence-electron chi connectivity index (χ4n) is 3.62. The van der Waals surface area contributed by atoms with Crippen LogP contribution in [-0.2, 0) is 0 Å². The van der Waals surface area contributed by atoms with Gasteiger partial charge in [-0.15, -0.1) is 0 Å². The van der Waals surface area contributed by atoms with E-state index in [-0.39, 0.29) is 0 Å². The van der Waals surface area contributed by atoms with Gasteiger partial charge in [-0.3, -0.25) is 0 Å². The van der Waals surface area contributed by atoms with E-state index in [1.54, 1.807) is 5.56 Å². The molecule has 0 spiro atoms. The molecule has 1 N–H and O–H groups in total. The lowest BCUT2D eigenvalue weighted by Crippen LogP contribution is -2.26. The highest BCUT2D eigenvalue weighted by Crippen LogP contribution is 2.39. The van der Waals surface area contributed by atoms with E-state index in [0.717, 1.165) is 5.92 Å². The molecule has 0 saturated heterocycles. The Hall–Kier alpha value is -0.820. The third kappa shape index (κ3) is 2.33. The Balaban J connectivity index is 2.47. The van der Waals surface area contributed by atoms with Crippen LogP contribution in [0.15, 0.2) is 6.07 Å². The highest BCUT2D eigenvalue weighted by atomic mass is 14.9. The maximum absolute atomic E-state index is 3.60. The van der Waals surface area contributed by atoms with Gasteiger partial charge in [0.05, 0.1) is 0 Å². The molecule has 1 aromatic rings. The van der Waals surface area contributed by atoms with Gasteiger partial charge >= 0.3 is 0 Å². The van der Waals surface area contributed by atoms with Crippen LogP contribution in [0.2, 0.25) is 0 Å². The summed E-state index contributed by atoms with van der Waals surface area (Å²) in [7, 11) is 2.12. The van der Waals surface area contributed by atoms with Crippen molar-refractivity contribution in [3.63, 3.8) is 0 Å². The Morgan fingerprint density at radius 2 is 1.50 bits per heavy atom. The zero-order valence-corrected chi connectivity index (χ0v) is 12.6. The van der Waals surface area contributed by atoms with Crippen LogP contribution in [-0.4, -0.2) is 7.05 Å². The smallest absolute Gasteiger partial charge is 0.0351 e. The summed E-state index contributed by atoms with van der Waals surface area (Å²) >= 11 is 0. The van der Waals surface area contributed by atoms with Gasteiger partial charge in [0.1, 0.15) is 0 Å². The summed E-state index contributed by atoms with van der Waals surface area (Å²) in [6, 6.07) is 2.88. The number of rotatable bonds is 3. The molecular weight excluding hydrogens is 218 g/mol. The topological polar surface area (TPSA) is 12.0 Å². The molecule has 1 heteroatoms. The van der Waals surface area contributed by atoms with Gasteiger partial charge in [0.25, 0.3) is 0 Å². The number of aryl methyl sites for hydroxylation is 2. The van der Waals surface area contributed by atoms with Crippen molar-refractivity contribution in [3.05, 3.63) is 33.9 Å². The molecule has 1 fully saturated rings. The molecular formula is C17H27N. The Kier molecular flexibility index (Phi) is 4.11. The first-order valence-electron chi connectivity index (χ1n) is 7.30. The van der Waals surface area contributed by atoms with Crippen LogP contribution in [0.1, 0.15) is 59.5 Å². The zero-order chi connectivity index (χ0) is 13.3. The van der Waals surface area contributed by atoms with Crippen molar-refractivity contribution in [2.75, 3.05) is 7.05 Å². The average molecular weight is 245 g/mol. The molecule has 0 aliphatic heterocycles. The van der Waals surface area contributed by atoms with E-state index in [1.807, 2.05) is 0 Å². The molecule has 0 amide bonds. The Labute approximate surface area is 112 Å². The van der Waals surface area contributed by atoms with Crippen molar-refractivity contribution in [2.24, 2.45) is 5.92 Å². The summed E-state index contributed by atoms with van der Waals surface area (Å²) in [5.41, 5.74) is 7.42. The van der Waals surface area contributed by atoms with Crippen LogP contribution in [0.5, 0.6) is 0 Å². The van der Waals surface area contributed by atoms with E-state index in [0.29, 0.717) is 6.04 Å². The number of nitrogens with one attached hydrogen (secondary N) is 1. The van der Waals surface area contributed by atoms with Crippen molar-refractivity contribution in [2.45, 2.75) is 59.4 Å². The molecule has 0 radical (unpaired) electrons. The van der Waals surface area contributed by atoms with Crippen molar-refractivity contribution < 1.29 is 0 Å². The van der Waals surface area contributed by atoms with Crippen molar-refractivity contribution >= 4 is 0 Å². The molecule has 18 heavy (non-hydrogen) atoms. The van der Waals surface area contributed by atoms with Crippen LogP contribution < -0.4 is 5.32 Å². The standard InChI is InChI=1S/C17H27N/c1-11-10-12(2)14(4)16(13(11)3)17(18-5)15-8-6-7-9-15/h10,15,17-18H,6-9H2,1-5H3. The van der Waals surface area contributed by atoms with Crippen molar-refractivity contribution in [1.29, 1.82) is 0 Å². The third-order valence-corrected chi connectivity index (χ3v) is 4.92. The van der Waals surface area contributed by atoms with Gasteiger partial charge in [-0.1, -0.05) is 18.9 Å².